The number of anilines is 1. The number of ketones is 1. The van der Waals surface area contributed by atoms with E-state index < -0.39 is 23.1 Å². The van der Waals surface area contributed by atoms with Crippen LogP contribution in [-0.2, 0) is 6.18 Å². The van der Waals surface area contributed by atoms with Crippen molar-refractivity contribution in [2.45, 2.75) is 6.18 Å². The third-order valence-corrected chi connectivity index (χ3v) is 2.80. The maximum atomic E-state index is 12.9. The fourth-order valence-corrected chi connectivity index (χ4v) is 1.82. The monoisotopic (exact) mass is 281 g/mol. The predicted molar refractivity (Wildman–Crippen MR) is 67.4 cm³/mol. The van der Waals surface area contributed by atoms with Crippen LogP contribution in [0.25, 0.3) is 0 Å². The molecular weight excluding hydrogens is 271 g/mol. The van der Waals surface area contributed by atoms with E-state index in [-0.39, 0.29) is 17.0 Å². The second-order valence-electron chi connectivity index (χ2n) is 4.11. The molecule has 2 rings (SSSR count). The van der Waals surface area contributed by atoms with Gasteiger partial charge in [-0.15, -0.1) is 0 Å². The first-order valence-electron chi connectivity index (χ1n) is 5.60. The highest BCUT2D eigenvalue weighted by molar-refractivity contribution is 6.13. The fourth-order valence-electron chi connectivity index (χ4n) is 1.82. The zero-order chi connectivity index (χ0) is 14.9. The Morgan fingerprint density at radius 1 is 1.00 bits per heavy atom. The Morgan fingerprint density at radius 3 is 2.25 bits per heavy atom. The summed E-state index contributed by atoms with van der Waals surface area (Å²) >= 11 is 0. The molecule has 0 unspecified atom stereocenters. The van der Waals surface area contributed by atoms with Gasteiger partial charge in [0.15, 0.2) is 5.78 Å². The van der Waals surface area contributed by atoms with Crippen LogP contribution in [-0.4, -0.2) is 10.9 Å². The number of nitrogen functional groups attached to an aromatic ring is 1. The maximum Gasteiger partial charge on any atom is 0.417 e. The van der Waals surface area contributed by atoms with E-state index in [2.05, 4.69) is 0 Å². The van der Waals surface area contributed by atoms with Crippen molar-refractivity contribution < 1.29 is 23.1 Å². The van der Waals surface area contributed by atoms with Gasteiger partial charge < -0.3 is 10.8 Å². The standard InChI is InChI=1S/C14H10F3NO2/c15-14(16,17)10-6-2-1-4-8(10)13(20)9-5-3-7-11(19)12(9)18/h1-7,19H,18H2. The maximum absolute atomic E-state index is 12.9. The van der Waals surface area contributed by atoms with Gasteiger partial charge in [0, 0.05) is 11.1 Å². The van der Waals surface area contributed by atoms with E-state index in [0.29, 0.717) is 0 Å². The molecule has 0 fully saturated rings. The van der Waals surface area contributed by atoms with Crippen LogP contribution in [0.2, 0.25) is 0 Å². The first kappa shape index (κ1) is 13.9. The first-order valence-corrected chi connectivity index (χ1v) is 5.60. The Bertz CT molecular complexity index is 666. The summed E-state index contributed by atoms with van der Waals surface area (Å²) in [6.07, 6.45) is -4.64. The third-order valence-electron chi connectivity index (χ3n) is 2.80. The summed E-state index contributed by atoms with van der Waals surface area (Å²) in [7, 11) is 0. The van der Waals surface area contributed by atoms with Gasteiger partial charge in [0.25, 0.3) is 0 Å². The molecule has 20 heavy (non-hydrogen) atoms. The summed E-state index contributed by atoms with van der Waals surface area (Å²) in [5.74, 6) is -1.23. The normalized spacial score (nSPS) is 11.3. The van der Waals surface area contributed by atoms with Crippen molar-refractivity contribution >= 4 is 11.5 Å². The zero-order valence-electron chi connectivity index (χ0n) is 10.1. The molecule has 0 bridgehead atoms. The minimum Gasteiger partial charge on any atom is -0.506 e. The molecule has 104 valence electrons. The number of hydrogen-bond acceptors (Lipinski definition) is 3. The Hall–Kier alpha value is -2.50. The number of nitrogens with two attached hydrogens (primary N) is 1. The molecule has 0 saturated carbocycles. The van der Waals surface area contributed by atoms with E-state index in [4.69, 9.17) is 5.73 Å². The predicted octanol–water partition coefficient (Wildman–Crippen LogP) is 3.22. The molecule has 0 aromatic heterocycles. The summed E-state index contributed by atoms with van der Waals surface area (Å²) in [5.41, 5.74) is 3.58. The number of aromatic hydroxyl groups is 1. The van der Waals surface area contributed by atoms with E-state index in [1.807, 2.05) is 0 Å². The zero-order valence-corrected chi connectivity index (χ0v) is 10.1. The Kier molecular flexibility index (Phi) is 3.40. The van der Waals surface area contributed by atoms with Crippen LogP contribution >= 0.6 is 0 Å². The van der Waals surface area contributed by atoms with Gasteiger partial charge in [-0.25, -0.2) is 0 Å². The van der Waals surface area contributed by atoms with E-state index in [1.165, 1.54) is 30.3 Å². The van der Waals surface area contributed by atoms with E-state index in [9.17, 15) is 23.1 Å². The quantitative estimate of drug-likeness (QED) is 0.504. The lowest BCUT2D eigenvalue weighted by molar-refractivity contribution is -0.137. The average molecular weight is 281 g/mol. The molecule has 2 aromatic carbocycles. The summed E-state index contributed by atoms with van der Waals surface area (Å²) in [6, 6.07) is 8.30. The number of alkyl halides is 3. The second-order valence-corrected chi connectivity index (χ2v) is 4.11. The van der Waals surface area contributed by atoms with Crippen molar-refractivity contribution in [1.82, 2.24) is 0 Å². The Morgan fingerprint density at radius 2 is 1.60 bits per heavy atom. The highest BCUT2D eigenvalue weighted by Crippen LogP contribution is 2.34. The molecule has 0 saturated heterocycles. The van der Waals surface area contributed by atoms with Gasteiger partial charge in [0.05, 0.1) is 11.3 Å². The average Bonchev–Trinajstić information content (AvgIpc) is 2.40. The van der Waals surface area contributed by atoms with Gasteiger partial charge in [0.2, 0.25) is 0 Å². The van der Waals surface area contributed by atoms with Crippen LogP contribution in [0.3, 0.4) is 0 Å². The molecule has 0 aliphatic heterocycles. The molecule has 0 heterocycles. The number of rotatable bonds is 2. The Balaban J connectivity index is 2.58. The summed E-state index contributed by atoms with van der Waals surface area (Å²) < 4.78 is 38.6. The van der Waals surface area contributed by atoms with Crippen molar-refractivity contribution in [1.29, 1.82) is 0 Å². The summed E-state index contributed by atoms with van der Waals surface area (Å²) in [5, 5.41) is 9.43. The second kappa shape index (κ2) is 4.88. The summed E-state index contributed by atoms with van der Waals surface area (Å²) in [6.45, 7) is 0. The number of hydrogen-bond donors (Lipinski definition) is 2. The molecule has 3 nitrogen and oxygen atoms in total. The SMILES string of the molecule is Nc1c(O)cccc1C(=O)c1ccccc1C(F)(F)F. The van der Waals surface area contributed by atoms with E-state index in [1.54, 1.807) is 0 Å². The number of para-hydroxylation sites is 1. The number of phenolic OH excluding ortho intramolecular Hbond substituents is 1. The number of carbonyl (C=O) groups is 1. The van der Waals surface area contributed by atoms with Gasteiger partial charge in [0.1, 0.15) is 5.75 Å². The van der Waals surface area contributed by atoms with E-state index >= 15 is 0 Å². The molecule has 0 atom stereocenters. The highest BCUT2D eigenvalue weighted by Gasteiger charge is 2.35. The Labute approximate surface area is 112 Å². The van der Waals surface area contributed by atoms with Crippen LogP contribution in [0.4, 0.5) is 18.9 Å². The van der Waals surface area contributed by atoms with Crippen LogP contribution in [0.5, 0.6) is 5.75 Å². The molecule has 2 aromatic rings. The van der Waals surface area contributed by atoms with Crippen molar-refractivity contribution in [2.75, 3.05) is 5.73 Å². The molecule has 0 aliphatic carbocycles. The topological polar surface area (TPSA) is 63.3 Å². The van der Waals surface area contributed by atoms with Gasteiger partial charge in [-0.05, 0) is 18.2 Å². The minimum absolute atomic E-state index is 0.165. The fraction of sp³-hybridized carbons (Fsp3) is 0.0714. The number of phenols is 1. The minimum atomic E-state index is -4.64. The molecule has 0 spiro atoms. The largest absolute Gasteiger partial charge is 0.506 e. The number of benzene rings is 2. The molecule has 3 N–H and O–H groups in total. The van der Waals surface area contributed by atoms with Gasteiger partial charge in [-0.2, -0.15) is 13.2 Å². The number of carbonyl (C=O) groups excluding carboxylic acids is 1. The lowest BCUT2D eigenvalue weighted by Crippen LogP contribution is -2.14. The van der Waals surface area contributed by atoms with Crippen LogP contribution < -0.4 is 5.73 Å². The molecule has 0 amide bonds. The third kappa shape index (κ3) is 2.45. The van der Waals surface area contributed by atoms with Crippen LogP contribution in [0.15, 0.2) is 42.5 Å². The lowest BCUT2D eigenvalue weighted by Gasteiger charge is -2.13. The van der Waals surface area contributed by atoms with Crippen molar-refractivity contribution in [3.8, 4) is 5.75 Å². The highest BCUT2D eigenvalue weighted by atomic mass is 19.4. The van der Waals surface area contributed by atoms with Gasteiger partial charge in [-0.3, -0.25) is 4.79 Å². The van der Waals surface area contributed by atoms with Crippen molar-refractivity contribution in [3.63, 3.8) is 0 Å². The lowest BCUT2D eigenvalue weighted by atomic mass is 9.97. The molecular formula is C14H10F3NO2. The molecule has 0 aliphatic rings. The van der Waals surface area contributed by atoms with E-state index in [0.717, 1.165) is 12.1 Å². The van der Waals surface area contributed by atoms with Crippen molar-refractivity contribution in [2.24, 2.45) is 0 Å². The van der Waals surface area contributed by atoms with Crippen LogP contribution in [0, 0.1) is 0 Å². The van der Waals surface area contributed by atoms with Crippen LogP contribution in [0.1, 0.15) is 21.5 Å². The van der Waals surface area contributed by atoms with Crippen molar-refractivity contribution in [3.05, 3.63) is 59.2 Å². The smallest absolute Gasteiger partial charge is 0.417 e. The molecule has 6 heteroatoms. The van der Waals surface area contributed by atoms with Gasteiger partial charge >= 0.3 is 6.18 Å². The van der Waals surface area contributed by atoms with Gasteiger partial charge in [-0.1, -0.05) is 24.3 Å². The number of halogens is 3. The summed E-state index contributed by atoms with van der Waals surface area (Å²) in [4.78, 5) is 12.2. The molecule has 0 radical (unpaired) electrons. The first-order chi connectivity index (χ1) is 9.32.